The molecule has 2 amide bonds. The number of aliphatic carboxylic acids is 1. The van der Waals surface area contributed by atoms with Gasteiger partial charge >= 0.3 is 24.7 Å². The van der Waals surface area contributed by atoms with Crippen molar-refractivity contribution in [1.82, 2.24) is 28.9 Å². The lowest BCUT2D eigenvalue weighted by Gasteiger charge is -2.31. The molecule has 4 aromatic heterocycles. The number of amides is 2. The molecule has 0 atom stereocenters. The molecule has 73 heavy (non-hydrogen) atoms. The van der Waals surface area contributed by atoms with Crippen molar-refractivity contribution in [3.8, 4) is 11.5 Å². The normalized spacial score (nSPS) is 14.8. The molecular weight excluding hydrogens is 1060 g/mol. The summed E-state index contributed by atoms with van der Waals surface area (Å²) >= 11 is 26.0. The zero-order valence-electron chi connectivity index (χ0n) is 39.2. The fraction of sp³-hybridized carbons (Fsp3) is 0.388. The molecule has 6 heterocycles. The fourth-order valence-electron chi connectivity index (χ4n) is 9.03. The van der Waals surface area contributed by atoms with Crippen molar-refractivity contribution in [2.45, 2.75) is 64.1 Å². The van der Waals surface area contributed by atoms with Gasteiger partial charge in [0.1, 0.15) is 21.8 Å². The van der Waals surface area contributed by atoms with Crippen molar-refractivity contribution in [3.05, 3.63) is 115 Å². The number of fused-ring (bicyclic) bond motifs is 2. The third-order valence-corrected chi connectivity index (χ3v) is 14.5. The first-order chi connectivity index (χ1) is 34.4. The summed E-state index contributed by atoms with van der Waals surface area (Å²) in [6.07, 6.45) is -3.64. The Balaban J connectivity index is 0.000000214. The molecule has 2 fully saturated rings. The highest BCUT2D eigenvalue weighted by Gasteiger charge is 2.33. The van der Waals surface area contributed by atoms with Crippen molar-refractivity contribution < 1.29 is 64.8 Å². The number of ether oxygens (including phenoxy) is 3. The Morgan fingerprint density at radius 1 is 0.630 bits per heavy atom. The van der Waals surface area contributed by atoms with Crippen LogP contribution in [0.1, 0.15) is 81.8 Å². The Hall–Kier alpha value is -5.96. The average Bonchev–Trinajstić information content (AvgIpc) is 3.81. The van der Waals surface area contributed by atoms with E-state index in [0.29, 0.717) is 103 Å². The molecule has 2 aromatic carbocycles. The third-order valence-electron chi connectivity index (χ3n) is 12.9. The van der Waals surface area contributed by atoms with Crippen LogP contribution >= 0.6 is 46.4 Å². The summed E-state index contributed by atoms with van der Waals surface area (Å²) < 4.78 is 91.9. The molecule has 0 unspecified atom stereocenters. The zero-order valence-corrected chi connectivity index (χ0v) is 42.2. The number of likely N-dealkylation sites (tertiary alicyclic amines) is 2. The maximum atomic E-state index is 13.2. The van der Waals surface area contributed by atoms with Gasteiger partial charge < -0.3 is 38.3 Å². The maximum absolute atomic E-state index is 13.2. The number of rotatable bonds is 12. The van der Waals surface area contributed by atoms with Crippen LogP contribution in [-0.4, -0.2) is 104 Å². The van der Waals surface area contributed by atoms with Crippen LogP contribution in [0.3, 0.4) is 0 Å². The number of piperidine rings is 2. The quantitative estimate of drug-likeness (QED) is 0.0710. The van der Waals surface area contributed by atoms with Crippen molar-refractivity contribution in [1.29, 1.82) is 0 Å². The second kappa shape index (κ2) is 22.7. The number of carbonyl (C=O) groups excluding carboxylic acids is 3. The Morgan fingerprint density at radius 2 is 1.01 bits per heavy atom. The van der Waals surface area contributed by atoms with Gasteiger partial charge in [-0.05, 0) is 73.9 Å². The minimum Gasteiger partial charge on any atom is -0.481 e. The van der Waals surface area contributed by atoms with Gasteiger partial charge in [-0.3, -0.25) is 19.2 Å². The van der Waals surface area contributed by atoms with E-state index in [1.54, 1.807) is 45.2 Å². The number of aromatic nitrogens is 4. The molecule has 0 bridgehead atoms. The van der Waals surface area contributed by atoms with Gasteiger partial charge in [-0.15, -0.1) is 26.3 Å². The molecule has 2 saturated heterocycles. The number of alkyl halides is 6. The monoisotopic (exact) mass is 1100 g/mol. The molecule has 0 aliphatic carbocycles. The summed E-state index contributed by atoms with van der Waals surface area (Å²) in [4.78, 5) is 60.5. The first kappa shape index (κ1) is 54.8. The number of carboxylic acid groups (broad SMARTS) is 1. The van der Waals surface area contributed by atoms with Gasteiger partial charge in [0.25, 0.3) is 11.8 Å². The summed E-state index contributed by atoms with van der Waals surface area (Å²) in [5.41, 5.74) is 3.70. The van der Waals surface area contributed by atoms with Crippen LogP contribution in [0.5, 0.6) is 11.5 Å². The molecule has 14 nitrogen and oxygen atoms in total. The van der Waals surface area contributed by atoms with E-state index in [2.05, 4.69) is 19.4 Å². The highest BCUT2D eigenvalue weighted by Crippen LogP contribution is 2.36. The predicted molar refractivity (Wildman–Crippen MR) is 259 cm³/mol. The SMILES string of the molecule is COC(=O)CC1CCN(C(=O)c2cnc(Cl)c(Cc3cc4ccc(OC(F)(F)F)cc4n3C)c2Cl)CC1.Cn1c(Cc2c(Cl)ncc(C(=O)N3CCC(CC(=O)O)CC3)c2Cl)cc2ccc(OC(F)(F)F)cc21. The van der Waals surface area contributed by atoms with Crippen molar-refractivity contribution in [2.24, 2.45) is 25.9 Å². The van der Waals surface area contributed by atoms with E-state index < -0.39 is 18.7 Å². The standard InChI is InChI=1S/C25H24Cl2F3N3O4.C24H22Cl2F3N3O4/c1-32-16(10-15-3-4-17(12-20(15)32)37-25(28,29)30)11-18-22(26)19(13-31-23(18)27)24(35)33-7-5-14(6-8-33)9-21(34)36-2;1-31-15(9-14-2-3-16(11-19(14)31)36-24(27,28)29)10-17-21(25)18(12-30-22(17)26)23(35)32-6-4-13(5-7-32)8-20(33)34/h3-4,10,12-14H,5-9,11H2,1-2H3;2-3,9,11-13H,4-8,10H2,1H3,(H,33,34). The molecule has 0 spiro atoms. The number of halogens is 10. The second-order valence-corrected chi connectivity index (χ2v) is 19.1. The zero-order chi connectivity index (χ0) is 53.1. The van der Waals surface area contributed by atoms with E-state index in [1.807, 2.05) is 0 Å². The first-order valence-corrected chi connectivity index (χ1v) is 24.1. The second-order valence-electron chi connectivity index (χ2n) is 17.6. The summed E-state index contributed by atoms with van der Waals surface area (Å²) in [7, 11) is 4.75. The van der Waals surface area contributed by atoms with E-state index >= 15 is 0 Å². The number of benzene rings is 2. The lowest BCUT2D eigenvalue weighted by Crippen LogP contribution is -2.39. The number of hydrogen-bond donors (Lipinski definition) is 1. The van der Waals surface area contributed by atoms with Crippen molar-refractivity contribution in [3.63, 3.8) is 0 Å². The molecule has 390 valence electrons. The van der Waals surface area contributed by atoms with Crippen LogP contribution < -0.4 is 9.47 Å². The number of esters is 1. The van der Waals surface area contributed by atoms with E-state index in [4.69, 9.17) is 56.2 Å². The van der Waals surface area contributed by atoms with E-state index in [1.165, 1.54) is 55.9 Å². The first-order valence-electron chi connectivity index (χ1n) is 22.6. The smallest absolute Gasteiger partial charge is 0.481 e. The van der Waals surface area contributed by atoms with Gasteiger partial charge in [-0.25, -0.2) is 9.97 Å². The van der Waals surface area contributed by atoms with Gasteiger partial charge in [-0.2, -0.15) is 0 Å². The summed E-state index contributed by atoms with van der Waals surface area (Å²) in [6, 6.07) is 11.7. The van der Waals surface area contributed by atoms with Crippen LogP contribution in [0, 0.1) is 11.8 Å². The van der Waals surface area contributed by atoms with Gasteiger partial charge in [-0.1, -0.05) is 46.4 Å². The molecule has 1 N–H and O–H groups in total. The lowest BCUT2D eigenvalue weighted by atomic mass is 9.93. The van der Waals surface area contributed by atoms with E-state index in [-0.39, 0.29) is 91.9 Å². The van der Waals surface area contributed by atoms with Crippen molar-refractivity contribution in [2.75, 3.05) is 33.3 Å². The minimum absolute atomic E-state index is 0.0226. The Morgan fingerprint density at radius 3 is 1.37 bits per heavy atom. The minimum atomic E-state index is -4.80. The summed E-state index contributed by atoms with van der Waals surface area (Å²) in [5, 5.41) is 11.0. The van der Waals surface area contributed by atoms with Gasteiger partial charge in [0, 0.05) is 124 Å². The summed E-state index contributed by atoms with van der Waals surface area (Å²) in [6.45, 7) is 1.77. The molecule has 24 heteroatoms. The number of carboxylic acids is 1. The topological polar surface area (TPSA) is 158 Å². The van der Waals surface area contributed by atoms with Crippen LogP contribution in [0.2, 0.25) is 20.4 Å². The van der Waals surface area contributed by atoms with Gasteiger partial charge in [0.05, 0.1) is 39.3 Å². The van der Waals surface area contributed by atoms with Crippen LogP contribution in [0.15, 0.2) is 60.9 Å². The fourth-order valence-corrected chi connectivity index (χ4v) is 10.1. The van der Waals surface area contributed by atoms with Gasteiger partial charge in [0.2, 0.25) is 0 Å². The molecule has 6 aromatic rings. The van der Waals surface area contributed by atoms with E-state index in [0.717, 1.165) is 0 Å². The Kier molecular flexibility index (Phi) is 17.0. The predicted octanol–water partition coefficient (Wildman–Crippen LogP) is 11.5. The maximum Gasteiger partial charge on any atom is 0.573 e. The number of carbonyl (C=O) groups is 4. The van der Waals surface area contributed by atoms with Crippen LogP contribution in [0.4, 0.5) is 26.3 Å². The number of nitrogens with zero attached hydrogens (tertiary/aromatic N) is 6. The molecule has 0 radical (unpaired) electrons. The van der Waals surface area contributed by atoms with E-state index in [9.17, 15) is 45.5 Å². The number of aryl methyl sites for hydroxylation is 2. The van der Waals surface area contributed by atoms with Gasteiger partial charge in [0.15, 0.2) is 0 Å². The average molecular weight is 1100 g/mol. The highest BCUT2D eigenvalue weighted by atomic mass is 35.5. The Labute approximate surface area is 433 Å². The Bertz CT molecular complexity index is 3060. The lowest BCUT2D eigenvalue weighted by molar-refractivity contribution is -0.275. The molecule has 8 rings (SSSR count). The number of pyridine rings is 2. The number of methoxy groups -OCH3 is 1. The molecule has 0 saturated carbocycles. The van der Waals surface area contributed by atoms with Crippen LogP contribution in [-0.2, 0) is 41.3 Å². The van der Waals surface area contributed by atoms with Crippen molar-refractivity contribution >= 4 is 92.0 Å². The highest BCUT2D eigenvalue weighted by molar-refractivity contribution is 6.38. The summed E-state index contributed by atoms with van der Waals surface area (Å²) in [5.74, 6) is -2.20. The third kappa shape index (κ3) is 13.4. The van der Waals surface area contributed by atoms with Crippen LogP contribution in [0.25, 0.3) is 21.8 Å². The largest absolute Gasteiger partial charge is 0.573 e. The number of hydrogen-bond acceptors (Lipinski definition) is 9. The molecule has 2 aliphatic heterocycles. The molecular formula is C49H46Cl4F6N6O8. The molecule has 2 aliphatic rings.